The Morgan fingerprint density at radius 3 is 2.54 bits per heavy atom. The quantitative estimate of drug-likeness (QED) is 0.833. The first kappa shape index (κ1) is 19.5. The van der Waals surface area contributed by atoms with Gasteiger partial charge in [-0.1, -0.05) is 12.1 Å². The van der Waals surface area contributed by atoms with E-state index in [4.69, 9.17) is 0 Å². The van der Waals surface area contributed by atoms with Crippen molar-refractivity contribution in [2.75, 3.05) is 26.2 Å². The van der Waals surface area contributed by atoms with Crippen molar-refractivity contribution in [2.45, 2.75) is 56.5 Å². The van der Waals surface area contributed by atoms with Crippen molar-refractivity contribution in [1.82, 2.24) is 10.2 Å². The Kier molecular flexibility index (Phi) is 5.79. The normalized spacial score (nSPS) is 25.2. The van der Waals surface area contributed by atoms with E-state index in [0.29, 0.717) is 12.6 Å². The molecule has 0 aromatic heterocycles. The van der Waals surface area contributed by atoms with Crippen molar-refractivity contribution in [3.8, 4) is 5.75 Å². The lowest BCUT2D eigenvalue weighted by atomic mass is 9.68. The maximum Gasteiger partial charge on any atom is 0.573 e. The molecule has 4 nitrogen and oxygen atoms in total. The highest BCUT2D eigenvalue weighted by atomic mass is 19.4. The third-order valence-electron chi connectivity index (χ3n) is 5.66. The van der Waals surface area contributed by atoms with Crippen LogP contribution in [-0.4, -0.2) is 54.2 Å². The fraction of sp³-hybridized carbons (Fsp3) is 0.684. The first-order valence-electron chi connectivity index (χ1n) is 9.30. The molecule has 1 saturated carbocycles. The highest BCUT2D eigenvalue weighted by Gasteiger charge is 2.44. The molecule has 1 aliphatic carbocycles. The van der Waals surface area contributed by atoms with E-state index in [1.807, 2.05) is 0 Å². The number of hydrogen-bond donors (Lipinski definition) is 2. The molecule has 1 aromatic carbocycles. The fourth-order valence-corrected chi connectivity index (χ4v) is 3.95. The van der Waals surface area contributed by atoms with Crippen LogP contribution in [0.5, 0.6) is 5.75 Å². The number of alkyl halides is 3. The van der Waals surface area contributed by atoms with Crippen LogP contribution in [0.3, 0.4) is 0 Å². The van der Waals surface area contributed by atoms with E-state index in [1.54, 1.807) is 12.1 Å². The number of ether oxygens (including phenoxy) is 1. The van der Waals surface area contributed by atoms with Crippen LogP contribution in [0.1, 0.15) is 44.1 Å². The van der Waals surface area contributed by atoms with Crippen molar-refractivity contribution in [3.05, 3.63) is 29.8 Å². The second kappa shape index (κ2) is 7.74. The number of benzene rings is 1. The summed E-state index contributed by atoms with van der Waals surface area (Å²) in [7, 11) is 0. The number of halogens is 3. The molecule has 0 radical (unpaired) electrons. The average molecular weight is 372 g/mol. The Morgan fingerprint density at radius 1 is 1.27 bits per heavy atom. The molecule has 1 aliphatic heterocycles. The summed E-state index contributed by atoms with van der Waals surface area (Å²) in [5, 5.41) is 14.4. The predicted molar refractivity (Wildman–Crippen MR) is 93.2 cm³/mol. The molecule has 7 heteroatoms. The second-order valence-corrected chi connectivity index (χ2v) is 7.53. The Bertz CT molecular complexity index is 587. The first-order chi connectivity index (χ1) is 12.3. The maximum absolute atomic E-state index is 12.4. The highest BCUT2D eigenvalue weighted by Crippen LogP contribution is 2.44. The molecule has 2 N–H and O–H groups in total. The van der Waals surface area contributed by atoms with E-state index in [2.05, 4.69) is 21.9 Å². The third kappa shape index (κ3) is 4.69. The van der Waals surface area contributed by atoms with E-state index in [-0.39, 0.29) is 11.7 Å². The number of nitrogens with one attached hydrogen (secondary N) is 1. The molecular formula is C19H27F3N2O2. The SMILES string of the molecule is CC1CNCCCN1CC(c1ccc(OC(F)(F)F)cc1)C1(O)CCC1. The zero-order valence-corrected chi connectivity index (χ0v) is 15.1. The first-order valence-corrected chi connectivity index (χ1v) is 9.30. The minimum absolute atomic E-state index is 0.114. The van der Waals surface area contributed by atoms with Crippen LogP contribution in [0.4, 0.5) is 13.2 Å². The topological polar surface area (TPSA) is 44.7 Å². The van der Waals surface area contributed by atoms with Crippen LogP contribution in [0.25, 0.3) is 0 Å². The van der Waals surface area contributed by atoms with Gasteiger partial charge in [0.2, 0.25) is 0 Å². The van der Waals surface area contributed by atoms with Crippen molar-refractivity contribution >= 4 is 0 Å². The van der Waals surface area contributed by atoms with Crippen LogP contribution >= 0.6 is 0 Å². The summed E-state index contributed by atoms with van der Waals surface area (Å²) in [6, 6.07) is 6.35. The lowest BCUT2D eigenvalue weighted by Gasteiger charge is -2.46. The van der Waals surface area contributed by atoms with E-state index in [1.165, 1.54) is 12.1 Å². The van der Waals surface area contributed by atoms with Gasteiger partial charge in [-0.25, -0.2) is 0 Å². The molecule has 1 aromatic rings. The standard InChI is InChI=1S/C19H27F3N2O2/c1-14-12-23-10-3-11-24(14)13-17(18(25)8-2-9-18)15-4-6-16(7-5-15)26-19(20,21)22/h4-7,14,17,23,25H,2-3,8-13H2,1H3. The van der Waals surface area contributed by atoms with Crippen LogP contribution in [0.15, 0.2) is 24.3 Å². The summed E-state index contributed by atoms with van der Waals surface area (Å²) in [5.74, 6) is -0.343. The molecule has 0 bridgehead atoms. The smallest absolute Gasteiger partial charge is 0.406 e. The van der Waals surface area contributed by atoms with Crippen LogP contribution < -0.4 is 10.1 Å². The van der Waals surface area contributed by atoms with Gasteiger partial charge in [0.05, 0.1) is 5.60 Å². The largest absolute Gasteiger partial charge is 0.573 e. The zero-order chi connectivity index (χ0) is 18.8. The summed E-state index contributed by atoms with van der Waals surface area (Å²) in [6.07, 6.45) is -1.19. The Hall–Kier alpha value is -1.31. The molecule has 26 heavy (non-hydrogen) atoms. The monoisotopic (exact) mass is 372 g/mol. The van der Waals surface area contributed by atoms with Crippen molar-refractivity contribution in [3.63, 3.8) is 0 Å². The van der Waals surface area contributed by atoms with Crippen molar-refractivity contribution in [2.24, 2.45) is 0 Å². The summed E-state index contributed by atoms with van der Waals surface area (Å²) < 4.78 is 41.1. The van der Waals surface area contributed by atoms with Gasteiger partial charge in [0.1, 0.15) is 5.75 Å². The highest BCUT2D eigenvalue weighted by molar-refractivity contribution is 5.32. The molecule has 1 heterocycles. The molecule has 2 aliphatic rings. The summed E-state index contributed by atoms with van der Waals surface area (Å²) in [5.41, 5.74) is 0.0948. The van der Waals surface area contributed by atoms with Gasteiger partial charge in [0.15, 0.2) is 0 Å². The molecular weight excluding hydrogens is 345 g/mol. The molecule has 2 unspecified atom stereocenters. The summed E-state index contributed by atoms with van der Waals surface area (Å²) in [4.78, 5) is 2.38. The van der Waals surface area contributed by atoms with Gasteiger partial charge in [-0.05, 0) is 63.4 Å². The number of aliphatic hydroxyl groups is 1. The molecule has 2 atom stereocenters. The third-order valence-corrected chi connectivity index (χ3v) is 5.66. The number of hydrogen-bond acceptors (Lipinski definition) is 4. The van der Waals surface area contributed by atoms with Crippen LogP contribution in [0, 0.1) is 0 Å². The van der Waals surface area contributed by atoms with E-state index in [9.17, 15) is 18.3 Å². The Balaban J connectivity index is 1.78. The molecule has 1 saturated heterocycles. The van der Waals surface area contributed by atoms with Crippen molar-refractivity contribution < 1.29 is 23.0 Å². The molecule has 3 rings (SSSR count). The van der Waals surface area contributed by atoms with Gasteiger partial charge in [-0.3, -0.25) is 4.90 Å². The van der Waals surface area contributed by atoms with Gasteiger partial charge in [-0.2, -0.15) is 0 Å². The second-order valence-electron chi connectivity index (χ2n) is 7.53. The maximum atomic E-state index is 12.4. The molecule has 2 fully saturated rings. The van der Waals surface area contributed by atoms with Crippen LogP contribution in [0.2, 0.25) is 0 Å². The predicted octanol–water partition coefficient (Wildman–Crippen LogP) is 3.27. The zero-order valence-electron chi connectivity index (χ0n) is 15.1. The Morgan fingerprint density at radius 2 is 1.96 bits per heavy atom. The van der Waals surface area contributed by atoms with Gasteiger partial charge >= 0.3 is 6.36 Å². The molecule has 0 amide bonds. The summed E-state index contributed by atoms with van der Waals surface area (Å²) >= 11 is 0. The Labute approximate surface area is 152 Å². The fourth-order valence-electron chi connectivity index (χ4n) is 3.95. The van der Waals surface area contributed by atoms with Crippen LogP contribution in [-0.2, 0) is 0 Å². The lowest BCUT2D eigenvalue weighted by Crippen LogP contribution is -2.49. The van der Waals surface area contributed by atoms with Gasteiger partial charge in [0.25, 0.3) is 0 Å². The molecule has 146 valence electrons. The summed E-state index contributed by atoms with van der Waals surface area (Å²) in [6.45, 7) is 5.72. The lowest BCUT2D eigenvalue weighted by molar-refractivity contribution is -0.274. The van der Waals surface area contributed by atoms with E-state index in [0.717, 1.165) is 50.9 Å². The van der Waals surface area contributed by atoms with E-state index < -0.39 is 12.0 Å². The van der Waals surface area contributed by atoms with Gasteiger partial charge in [0, 0.05) is 25.0 Å². The minimum atomic E-state index is -4.69. The number of nitrogens with zero attached hydrogens (tertiary/aromatic N) is 1. The van der Waals surface area contributed by atoms with Crippen molar-refractivity contribution in [1.29, 1.82) is 0 Å². The minimum Gasteiger partial charge on any atom is -0.406 e. The molecule has 0 spiro atoms. The van der Waals surface area contributed by atoms with Gasteiger partial charge < -0.3 is 15.2 Å². The van der Waals surface area contributed by atoms with Gasteiger partial charge in [-0.15, -0.1) is 13.2 Å². The average Bonchev–Trinajstić information content (AvgIpc) is 2.74. The van der Waals surface area contributed by atoms with E-state index >= 15 is 0 Å². The number of rotatable bonds is 5.